The number of anilines is 6. The van der Waals surface area contributed by atoms with E-state index >= 15 is 0 Å². The maximum Gasteiger partial charge on any atom is 0.255 e. The molecule has 0 atom stereocenters. The van der Waals surface area contributed by atoms with Crippen molar-refractivity contribution >= 4 is 82.6 Å². The van der Waals surface area contributed by atoms with Crippen molar-refractivity contribution in [2.24, 2.45) is 0 Å². The maximum absolute atomic E-state index is 13.5. The molecule has 8 rings (SSSR count). The lowest BCUT2D eigenvalue weighted by molar-refractivity contribution is -0.118. The van der Waals surface area contributed by atoms with Crippen LogP contribution in [0, 0.1) is 0 Å². The number of nitrogens with one attached hydrogen (secondary N) is 2. The summed E-state index contributed by atoms with van der Waals surface area (Å²) in [5.74, 6) is 1.75. The minimum atomic E-state index is -0.335. The number of nitrogens with zero attached hydrogens (tertiary/aromatic N) is 4. The van der Waals surface area contributed by atoms with E-state index in [1.54, 1.807) is 34.1 Å². The van der Waals surface area contributed by atoms with Crippen LogP contribution in [0.25, 0.3) is 0 Å². The van der Waals surface area contributed by atoms with Crippen molar-refractivity contribution in [3.8, 4) is 34.5 Å². The highest BCUT2D eigenvalue weighted by atomic mass is 35.5. The summed E-state index contributed by atoms with van der Waals surface area (Å²) >= 11 is 0. The molecule has 2 aliphatic heterocycles. The number of ether oxygens (including phenoxy) is 6. The zero-order valence-electron chi connectivity index (χ0n) is 45.2. The Bertz CT molecular complexity index is 2780. The van der Waals surface area contributed by atoms with Crippen LogP contribution in [0.5, 0.6) is 34.5 Å². The molecule has 0 bridgehead atoms. The molecule has 17 nitrogen and oxygen atoms in total. The zero-order chi connectivity index (χ0) is 53.1. The quantitative estimate of drug-likeness (QED) is 0.0935. The summed E-state index contributed by atoms with van der Waals surface area (Å²) in [5, 5.41) is 5.93. The van der Waals surface area contributed by atoms with Crippen molar-refractivity contribution in [1.82, 2.24) is 9.80 Å². The summed E-state index contributed by atoms with van der Waals surface area (Å²) in [6, 6.07) is 33.9. The van der Waals surface area contributed by atoms with E-state index in [1.807, 2.05) is 111 Å². The van der Waals surface area contributed by atoms with Gasteiger partial charge in [0, 0.05) is 48.4 Å². The zero-order valence-corrected chi connectivity index (χ0v) is 46.9. The molecule has 19 heteroatoms. The van der Waals surface area contributed by atoms with Gasteiger partial charge in [-0.1, -0.05) is 48.5 Å². The van der Waals surface area contributed by atoms with Gasteiger partial charge < -0.3 is 54.3 Å². The average molecular weight is 1100 g/mol. The van der Waals surface area contributed by atoms with Gasteiger partial charge in [0.05, 0.1) is 65.4 Å². The van der Waals surface area contributed by atoms with Crippen molar-refractivity contribution in [1.29, 1.82) is 0 Å². The van der Waals surface area contributed by atoms with Crippen LogP contribution in [0.15, 0.2) is 109 Å². The Balaban J connectivity index is 0.000000320. The van der Waals surface area contributed by atoms with Gasteiger partial charge in [-0.25, -0.2) is 0 Å². The molecule has 4 amide bonds. The smallest absolute Gasteiger partial charge is 0.255 e. The summed E-state index contributed by atoms with van der Waals surface area (Å²) < 4.78 is 32.3. The number of aryl methyl sites for hydroxylation is 4. The molecule has 0 aromatic heterocycles. The molecule has 412 valence electrons. The van der Waals surface area contributed by atoms with Crippen LogP contribution in [-0.4, -0.2) is 123 Å². The van der Waals surface area contributed by atoms with Gasteiger partial charge in [0.15, 0.2) is 23.0 Å². The van der Waals surface area contributed by atoms with Crippen molar-refractivity contribution < 1.29 is 53.1 Å². The summed E-state index contributed by atoms with van der Waals surface area (Å²) in [6.07, 6.45) is 4.01. The van der Waals surface area contributed by atoms with Crippen LogP contribution in [-0.2, 0) is 35.3 Å². The molecule has 0 unspecified atom stereocenters. The largest absolute Gasteiger partial charge is 0.493 e. The first-order valence-corrected chi connectivity index (χ1v) is 24.3. The Morgan fingerprint density at radius 3 is 1.05 bits per heavy atom. The second-order valence-electron chi connectivity index (χ2n) is 18.2. The Labute approximate surface area is 463 Å². The maximum atomic E-state index is 13.5. The van der Waals surface area contributed by atoms with Crippen LogP contribution in [0.2, 0.25) is 0 Å². The number of benzene rings is 6. The third-order valence-corrected chi connectivity index (χ3v) is 12.9. The van der Waals surface area contributed by atoms with Crippen LogP contribution in [0.3, 0.4) is 0 Å². The Hall–Kier alpha value is -7.54. The Morgan fingerprint density at radius 1 is 0.442 bits per heavy atom. The number of carbonyl (C=O) groups is 4. The number of para-hydroxylation sites is 2. The molecule has 0 aliphatic carbocycles. The Kier molecular flexibility index (Phi) is 23.0. The van der Waals surface area contributed by atoms with Gasteiger partial charge in [-0.05, 0) is 137 Å². The second kappa shape index (κ2) is 28.6. The number of methoxy groups -OCH3 is 6. The monoisotopic (exact) mass is 1100 g/mol. The number of carbonyl (C=O) groups excluding carboxylic acids is 4. The number of hydrogen-bond acceptors (Lipinski definition) is 12. The van der Waals surface area contributed by atoms with Gasteiger partial charge in [-0.3, -0.25) is 29.0 Å². The molecule has 6 aromatic carbocycles. The van der Waals surface area contributed by atoms with Gasteiger partial charge in [0.2, 0.25) is 23.3 Å². The number of hydrogen-bond donors (Lipinski definition) is 2. The fraction of sp³-hybridized carbons (Fsp3) is 0.310. The van der Waals surface area contributed by atoms with Crippen LogP contribution in [0.1, 0.15) is 55.8 Å². The minimum Gasteiger partial charge on any atom is -0.493 e. The summed E-state index contributed by atoms with van der Waals surface area (Å²) in [6.45, 7) is 1.29. The highest BCUT2D eigenvalue weighted by Gasteiger charge is 2.29. The van der Waals surface area contributed by atoms with E-state index in [0.717, 1.165) is 70.7 Å². The number of fused-ring (bicyclic) bond motifs is 4. The normalized spacial score (nSPS) is 11.8. The third-order valence-electron chi connectivity index (χ3n) is 12.9. The molecule has 0 saturated heterocycles. The predicted molar refractivity (Wildman–Crippen MR) is 307 cm³/mol. The minimum absolute atomic E-state index is 0. The first-order chi connectivity index (χ1) is 35.7. The van der Waals surface area contributed by atoms with Gasteiger partial charge in [-0.2, -0.15) is 0 Å². The van der Waals surface area contributed by atoms with E-state index in [0.29, 0.717) is 82.9 Å². The lowest BCUT2D eigenvalue weighted by atomic mass is 10.0. The molecule has 6 aromatic rings. The molecule has 77 heavy (non-hydrogen) atoms. The second-order valence-corrected chi connectivity index (χ2v) is 18.2. The first-order valence-electron chi connectivity index (χ1n) is 24.3. The Morgan fingerprint density at radius 2 is 0.753 bits per heavy atom. The standard InChI is InChI=1S/2C29H33N3O5.2ClH.H2O/c2*1-31(2)15-14-27(33)32-23-9-7-6-8-19(23)10-11-20-12-13-22(18-24(20)32)30-29(34)21-16-25(35-3)28(37-5)26(17-21)36-4;;;/h2*6-9,12-13,16-18H,10-11,14-15H2,1-5H3,(H,30,34);2*1H;1H2. The summed E-state index contributed by atoms with van der Waals surface area (Å²) in [4.78, 5) is 61.1. The first kappa shape index (κ1) is 62.0. The molecule has 0 saturated carbocycles. The highest BCUT2D eigenvalue weighted by molar-refractivity contribution is 6.08. The fourth-order valence-electron chi connectivity index (χ4n) is 9.03. The van der Waals surface area contributed by atoms with Gasteiger partial charge in [-0.15, -0.1) is 24.8 Å². The van der Waals surface area contributed by atoms with Crippen molar-refractivity contribution in [3.63, 3.8) is 0 Å². The molecule has 0 radical (unpaired) electrons. The number of rotatable bonds is 16. The SMILES string of the molecule is COc1cc(C(=O)Nc2ccc3c(c2)N(C(=O)CCN(C)C)c2ccccc2CC3)cc(OC)c1OC.COc1cc(C(=O)Nc2ccc3c(c2)N(C(=O)CCN(C)C)c2ccccc2CC3)cc(OC)c1OC.Cl.Cl.O. The summed E-state index contributed by atoms with van der Waals surface area (Å²) in [7, 11) is 16.9. The van der Waals surface area contributed by atoms with E-state index < -0.39 is 0 Å². The van der Waals surface area contributed by atoms with Crippen molar-refractivity contribution in [2.45, 2.75) is 38.5 Å². The lowest BCUT2D eigenvalue weighted by Gasteiger charge is -2.26. The lowest BCUT2D eigenvalue weighted by Crippen LogP contribution is -2.30. The number of amides is 4. The predicted octanol–water partition coefficient (Wildman–Crippen LogP) is 9.38. The number of halogens is 2. The molecule has 2 aliphatic rings. The average Bonchev–Trinajstić information content (AvgIpc) is 3.68. The van der Waals surface area contributed by atoms with E-state index in [2.05, 4.69) is 22.8 Å². The fourth-order valence-corrected chi connectivity index (χ4v) is 9.03. The third kappa shape index (κ3) is 14.5. The molecule has 0 spiro atoms. The van der Waals surface area contributed by atoms with Gasteiger partial charge in [0.1, 0.15) is 0 Å². The van der Waals surface area contributed by atoms with Crippen molar-refractivity contribution in [3.05, 3.63) is 143 Å². The van der Waals surface area contributed by atoms with Crippen LogP contribution >= 0.6 is 24.8 Å². The molecular formula is C58H70Cl2N6O11. The highest BCUT2D eigenvalue weighted by Crippen LogP contribution is 2.42. The van der Waals surface area contributed by atoms with Gasteiger partial charge >= 0.3 is 0 Å². The van der Waals surface area contributed by atoms with Crippen LogP contribution in [0.4, 0.5) is 34.1 Å². The topological polar surface area (TPSA) is 192 Å². The molecule has 2 heterocycles. The van der Waals surface area contributed by atoms with Crippen molar-refractivity contribution in [2.75, 3.05) is 104 Å². The van der Waals surface area contributed by atoms with E-state index in [1.165, 1.54) is 42.7 Å². The van der Waals surface area contributed by atoms with E-state index in [4.69, 9.17) is 28.4 Å². The summed E-state index contributed by atoms with van der Waals surface area (Å²) in [5.41, 5.74) is 9.59. The van der Waals surface area contributed by atoms with E-state index in [-0.39, 0.29) is 53.9 Å². The van der Waals surface area contributed by atoms with Gasteiger partial charge in [0.25, 0.3) is 11.8 Å². The van der Waals surface area contributed by atoms with Crippen LogP contribution < -0.4 is 48.9 Å². The molecule has 0 fully saturated rings. The molecule has 4 N–H and O–H groups in total. The van der Waals surface area contributed by atoms with E-state index in [9.17, 15) is 19.2 Å². The molecular weight excluding hydrogens is 1030 g/mol.